The van der Waals surface area contributed by atoms with Crippen LogP contribution >= 0.6 is 0 Å². The first kappa shape index (κ1) is 53.1. The van der Waals surface area contributed by atoms with Crippen molar-refractivity contribution in [2.45, 2.75) is 103 Å². The second-order valence-electron chi connectivity index (χ2n) is 19.8. The van der Waals surface area contributed by atoms with Crippen molar-refractivity contribution < 1.29 is 62.1 Å². The predicted molar refractivity (Wildman–Crippen MR) is 289 cm³/mol. The minimum atomic E-state index is -1.08. The summed E-state index contributed by atoms with van der Waals surface area (Å²) in [6, 6.07) is 25.2. The first-order chi connectivity index (χ1) is 38.2. The van der Waals surface area contributed by atoms with Crippen LogP contribution in [0.2, 0.25) is 0 Å². The topological polar surface area (TPSA) is 253 Å². The standard InChI is InChI=1S/C58H58N8O13/c1-32(61-51(67)15-9-10-16-54(70)79-66-52(68)17-18-53(66)69)55(71)62-33(2)56(72)63-38-20-34(30-77-49-26-43-41(24-47(49)75-3)57(73)64-39(28-59-43)22-36-11-5-7-13-45(36)64)19-35(21-38)31-78-50-27-44-42(25-48(50)76-4)58(74)65-40(29-60-44)23-37-12-6-8-14-46(37)65/h5-8,11-14,19-21,24-28,32-33,39-40,60H,9-10,15-18,22-23,29-31H2,1-4H3,(H,61,67)(H,62,71)(H,63,72)/t32-,33-,39+,40+/m1/s1. The Balaban J connectivity index is 0.825. The molecular weight excluding hydrogens is 1020 g/mol. The zero-order valence-corrected chi connectivity index (χ0v) is 43.9. The van der Waals surface area contributed by atoms with Gasteiger partial charge < -0.3 is 50.0 Å². The summed E-state index contributed by atoms with van der Waals surface area (Å²) >= 11 is 0. The number of carbonyl (C=O) groups excluding carboxylic acids is 8. The lowest BCUT2D eigenvalue weighted by Gasteiger charge is -2.22. The van der Waals surface area contributed by atoms with Crippen molar-refractivity contribution in [3.05, 3.63) is 124 Å². The number of rotatable bonds is 19. The maximum atomic E-state index is 14.1. The monoisotopic (exact) mass is 1070 g/mol. The molecule has 5 aromatic rings. The van der Waals surface area contributed by atoms with Crippen molar-refractivity contribution in [2.75, 3.05) is 41.2 Å². The number of nitrogens with zero attached hydrogens (tertiary/aromatic N) is 4. The Bertz CT molecular complexity index is 3330. The van der Waals surface area contributed by atoms with E-state index in [0.29, 0.717) is 86.8 Å². The van der Waals surface area contributed by atoms with E-state index in [1.165, 1.54) is 28.1 Å². The van der Waals surface area contributed by atoms with E-state index in [1.54, 1.807) is 47.5 Å². The number of aliphatic imine (C=N–C) groups is 1. The van der Waals surface area contributed by atoms with Crippen LogP contribution in [0.3, 0.4) is 0 Å². The third kappa shape index (κ3) is 11.3. The van der Waals surface area contributed by atoms with Crippen LogP contribution in [0.1, 0.15) is 95.3 Å². The van der Waals surface area contributed by atoms with E-state index in [1.807, 2.05) is 59.5 Å². The number of hydrogen-bond donors (Lipinski definition) is 4. The van der Waals surface area contributed by atoms with E-state index in [0.717, 1.165) is 22.5 Å². The van der Waals surface area contributed by atoms with Crippen LogP contribution in [0.5, 0.6) is 23.0 Å². The number of imide groups is 1. The van der Waals surface area contributed by atoms with Gasteiger partial charge in [-0.25, -0.2) is 4.79 Å². The number of benzene rings is 5. The van der Waals surface area contributed by atoms with Crippen molar-refractivity contribution in [2.24, 2.45) is 4.99 Å². The molecule has 0 saturated carbocycles. The molecule has 21 heteroatoms. The molecule has 0 radical (unpaired) electrons. The number of methoxy groups -OCH3 is 2. The molecule has 5 heterocycles. The molecule has 0 aromatic heterocycles. The highest BCUT2D eigenvalue weighted by Crippen LogP contribution is 2.43. The summed E-state index contributed by atoms with van der Waals surface area (Å²) in [5, 5.41) is 12.0. The van der Waals surface area contributed by atoms with Gasteiger partial charge in [0, 0.05) is 74.1 Å². The average molecular weight is 1080 g/mol. The van der Waals surface area contributed by atoms with Crippen LogP contribution in [0.25, 0.3) is 0 Å². The zero-order chi connectivity index (χ0) is 55.5. The van der Waals surface area contributed by atoms with Gasteiger partial charge in [0.05, 0.1) is 48.8 Å². The van der Waals surface area contributed by atoms with Gasteiger partial charge in [-0.1, -0.05) is 36.4 Å². The van der Waals surface area contributed by atoms with Crippen LogP contribution in [0, 0.1) is 0 Å². The molecule has 4 N–H and O–H groups in total. The summed E-state index contributed by atoms with van der Waals surface area (Å²) in [5.41, 5.74) is 7.20. The van der Waals surface area contributed by atoms with Crippen molar-refractivity contribution in [1.29, 1.82) is 0 Å². The Morgan fingerprint density at radius 3 is 1.95 bits per heavy atom. The predicted octanol–water partition coefficient (Wildman–Crippen LogP) is 6.26. The largest absolute Gasteiger partial charge is 0.493 e. The van der Waals surface area contributed by atoms with Crippen molar-refractivity contribution in [1.82, 2.24) is 15.7 Å². The highest BCUT2D eigenvalue weighted by molar-refractivity contribution is 6.15. The molecule has 21 nitrogen and oxygen atoms in total. The fourth-order valence-corrected chi connectivity index (χ4v) is 10.3. The molecule has 408 valence electrons. The molecule has 5 aliphatic heterocycles. The summed E-state index contributed by atoms with van der Waals surface area (Å²) < 4.78 is 24.4. The first-order valence-electron chi connectivity index (χ1n) is 26.1. The van der Waals surface area contributed by atoms with Gasteiger partial charge in [-0.15, -0.1) is 5.06 Å². The summed E-state index contributed by atoms with van der Waals surface area (Å²) in [5.74, 6) is -2.68. The Kier molecular flexibility index (Phi) is 15.3. The fraction of sp³-hybridized carbons (Fsp3) is 0.328. The van der Waals surface area contributed by atoms with E-state index in [4.69, 9.17) is 28.8 Å². The number of nitrogens with one attached hydrogen (secondary N) is 4. The highest BCUT2D eigenvalue weighted by atomic mass is 16.7. The van der Waals surface area contributed by atoms with Gasteiger partial charge in [-0.05, 0) is 97.8 Å². The van der Waals surface area contributed by atoms with Crippen molar-refractivity contribution in [3.8, 4) is 23.0 Å². The first-order valence-corrected chi connectivity index (χ1v) is 26.1. The molecule has 5 aliphatic rings. The summed E-state index contributed by atoms with van der Waals surface area (Å²) in [4.78, 5) is 117. The molecule has 0 unspecified atom stereocenters. The number of para-hydroxylation sites is 2. The fourth-order valence-electron chi connectivity index (χ4n) is 10.3. The summed E-state index contributed by atoms with van der Waals surface area (Å²) in [7, 11) is 2.98. The van der Waals surface area contributed by atoms with Crippen LogP contribution in [-0.4, -0.2) is 104 Å². The Morgan fingerprint density at radius 1 is 0.671 bits per heavy atom. The van der Waals surface area contributed by atoms with Gasteiger partial charge in [-0.2, -0.15) is 0 Å². The van der Waals surface area contributed by atoms with Crippen molar-refractivity contribution >= 4 is 82.0 Å². The highest BCUT2D eigenvalue weighted by Gasteiger charge is 2.39. The van der Waals surface area contributed by atoms with E-state index in [-0.39, 0.29) is 75.6 Å². The van der Waals surface area contributed by atoms with E-state index < -0.39 is 47.6 Å². The lowest BCUT2D eigenvalue weighted by molar-refractivity contribution is -0.197. The van der Waals surface area contributed by atoms with Crippen LogP contribution in [0.4, 0.5) is 28.4 Å². The maximum absolute atomic E-state index is 14.1. The number of anilines is 4. The number of unbranched alkanes of at least 4 members (excludes halogenated alkanes) is 1. The molecule has 4 atom stereocenters. The quantitative estimate of drug-likeness (QED) is 0.0526. The molecule has 1 saturated heterocycles. The number of hydroxylamine groups is 2. The molecule has 0 bridgehead atoms. The molecular formula is C58H58N8O13. The molecule has 79 heavy (non-hydrogen) atoms. The third-order valence-electron chi connectivity index (χ3n) is 14.3. The Hall–Kier alpha value is -9.27. The van der Waals surface area contributed by atoms with E-state index in [9.17, 15) is 38.4 Å². The molecule has 5 aromatic carbocycles. The van der Waals surface area contributed by atoms with Gasteiger partial charge in [-0.3, -0.25) is 43.5 Å². The number of carbonyl (C=O) groups is 8. The second-order valence-corrected chi connectivity index (χ2v) is 19.8. The van der Waals surface area contributed by atoms with Gasteiger partial charge in [0.1, 0.15) is 25.3 Å². The number of fused-ring (bicyclic) bond motifs is 8. The Morgan fingerprint density at radius 2 is 1.27 bits per heavy atom. The molecule has 0 spiro atoms. The van der Waals surface area contributed by atoms with Crippen LogP contribution in [0.15, 0.2) is 96.0 Å². The molecule has 1 fully saturated rings. The maximum Gasteiger partial charge on any atom is 0.333 e. The average Bonchev–Trinajstić information content (AvgIpc) is 4.29. The van der Waals surface area contributed by atoms with Gasteiger partial charge in [0.15, 0.2) is 23.0 Å². The van der Waals surface area contributed by atoms with Crippen molar-refractivity contribution in [3.63, 3.8) is 0 Å². The number of amides is 7. The normalized spacial score (nSPS) is 17.3. The third-order valence-corrected chi connectivity index (χ3v) is 14.3. The van der Waals surface area contributed by atoms with E-state index in [2.05, 4.69) is 21.3 Å². The smallest absolute Gasteiger partial charge is 0.333 e. The summed E-state index contributed by atoms with van der Waals surface area (Å²) in [6.45, 7) is 3.40. The van der Waals surface area contributed by atoms with Gasteiger partial charge in [0.25, 0.3) is 23.6 Å². The Labute approximate surface area is 454 Å². The number of hydrogen-bond acceptors (Lipinski definition) is 15. The number of ether oxygens (including phenoxy) is 4. The zero-order valence-electron chi connectivity index (χ0n) is 43.9. The minimum Gasteiger partial charge on any atom is -0.493 e. The second kappa shape index (κ2) is 22.7. The molecule has 0 aliphatic carbocycles. The SMILES string of the molecule is COc1cc2c(cc1OCc1cc(COc3cc4c(cc3OC)C(=O)N3c5ccccc5C[C@H]3CN4)cc(NC(=O)[C@@H](C)NC(=O)[C@@H](C)NC(=O)CCCCC(=O)ON3C(=O)CCC3=O)c1)N=C[C@@H]1Cc3ccccc3N1C2=O. The molecule has 10 rings (SSSR count). The van der Waals surface area contributed by atoms with E-state index >= 15 is 0 Å². The van der Waals surface area contributed by atoms with Gasteiger partial charge >= 0.3 is 5.97 Å². The lowest BCUT2D eigenvalue weighted by Crippen LogP contribution is -2.50. The minimum absolute atomic E-state index is 0.0224. The molecule has 7 amide bonds. The lowest BCUT2D eigenvalue weighted by atomic mass is 10.1. The van der Waals surface area contributed by atoms with Crippen LogP contribution < -0.4 is 50.0 Å². The van der Waals surface area contributed by atoms with Gasteiger partial charge in [0.2, 0.25) is 17.7 Å². The van der Waals surface area contributed by atoms with Crippen LogP contribution in [-0.2, 0) is 59.7 Å². The summed E-state index contributed by atoms with van der Waals surface area (Å²) in [6.07, 6.45) is 3.41.